The molecule has 0 aliphatic heterocycles. The fourth-order valence-electron chi connectivity index (χ4n) is 1.92. The molecule has 0 N–H and O–H groups in total. The van der Waals surface area contributed by atoms with E-state index in [1.165, 1.54) is 0 Å². The second-order valence-corrected chi connectivity index (χ2v) is 4.05. The Hall–Kier alpha value is -2.62. The molecule has 0 fully saturated rings. The van der Waals surface area contributed by atoms with Crippen LogP contribution in [0.25, 0.3) is 17.1 Å². The smallest absolute Gasteiger partial charge is 0.181 e. The Morgan fingerprint density at radius 2 is 1.68 bits per heavy atom. The highest BCUT2D eigenvalue weighted by Gasteiger charge is 2.08. The van der Waals surface area contributed by atoms with Crippen molar-refractivity contribution in [3.8, 4) is 22.8 Å². The summed E-state index contributed by atoms with van der Waals surface area (Å²) in [6, 6.07) is 17.6. The lowest BCUT2D eigenvalue weighted by Crippen LogP contribution is -1.98. The molecule has 0 radical (unpaired) electrons. The van der Waals surface area contributed by atoms with E-state index in [1.54, 1.807) is 18.1 Å². The van der Waals surface area contributed by atoms with Crippen molar-refractivity contribution in [2.24, 2.45) is 0 Å². The molecule has 3 rings (SSSR count). The first-order valence-electron chi connectivity index (χ1n) is 5.99. The van der Waals surface area contributed by atoms with E-state index in [0.29, 0.717) is 5.82 Å². The molecule has 19 heavy (non-hydrogen) atoms. The number of para-hydroxylation sites is 2. The summed E-state index contributed by atoms with van der Waals surface area (Å²) >= 11 is 0. The molecule has 0 saturated carbocycles. The van der Waals surface area contributed by atoms with E-state index in [0.717, 1.165) is 17.0 Å². The van der Waals surface area contributed by atoms with E-state index in [-0.39, 0.29) is 0 Å². The van der Waals surface area contributed by atoms with Gasteiger partial charge in [0, 0.05) is 5.56 Å². The number of nitrogens with zero attached hydrogens (tertiary/aromatic N) is 3. The van der Waals surface area contributed by atoms with Gasteiger partial charge in [-0.25, -0.2) is 9.67 Å². The minimum atomic E-state index is 0.700. The van der Waals surface area contributed by atoms with Gasteiger partial charge >= 0.3 is 0 Å². The Balaban J connectivity index is 2.02. The SMILES string of the molecule is COc1ccccc1-n1cnc(-c2ccccc2)n1. The molecule has 0 unspecified atom stereocenters. The largest absolute Gasteiger partial charge is 0.494 e. The molecule has 94 valence electrons. The molecule has 2 aromatic carbocycles. The van der Waals surface area contributed by atoms with Crippen LogP contribution < -0.4 is 4.74 Å². The number of rotatable bonds is 3. The van der Waals surface area contributed by atoms with Gasteiger partial charge in [0.25, 0.3) is 0 Å². The molecule has 0 aliphatic rings. The van der Waals surface area contributed by atoms with Crippen LogP contribution in [-0.4, -0.2) is 21.9 Å². The van der Waals surface area contributed by atoms with Gasteiger partial charge in [0.05, 0.1) is 7.11 Å². The second kappa shape index (κ2) is 4.94. The summed E-state index contributed by atoms with van der Waals surface area (Å²) in [6.45, 7) is 0. The molecule has 1 heterocycles. The van der Waals surface area contributed by atoms with Crippen LogP contribution in [0.4, 0.5) is 0 Å². The maximum Gasteiger partial charge on any atom is 0.181 e. The minimum absolute atomic E-state index is 0.700. The summed E-state index contributed by atoms with van der Waals surface area (Å²) in [4.78, 5) is 4.33. The average Bonchev–Trinajstić information content (AvgIpc) is 2.98. The summed E-state index contributed by atoms with van der Waals surface area (Å²) < 4.78 is 7.05. The van der Waals surface area contributed by atoms with Crippen molar-refractivity contribution < 1.29 is 4.74 Å². The van der Waals surface area contributed by atoms with E-state index in [2.05, 4.69) is 10.1 Å². The number of aromatic nitrogens is 3. The van der Waals surface area contributed by atoms with E-state index >= 15 is 0 Å². The normalized spacial score (nSPS) is 10.4. The first-order valence-corrected chi connectivity index (χ1v) is 5.99. The van der Waals surface area contributed by atoms with Crippen LogP contribution in [0.2, 0.25) is 0 Å². The van der Waals surface area contributed by atoms with Gasteiger partial charge in [-0.15, -0.1) is 5.10 Å². The predicted octanol–water partition coefficient (Wildman–Crippen LogP) is 2.94. The zero-order chi connectivity index (χ0) is 13.1. The first kappa shape index (κ1) is 11.5. The average molecular weight is 251 g/mol. The number of hydrogen-bond acceptors (Lipinski definition) is 3. The van der Waals surface area contributed by atoms with Crippen LogP contribution in [0, 0.1) is 0 Å². The fourth-order valence-corrected chi connectivity index (χ4v) is 1.92. The summed E-state index contributed by atoms with van der Waals surface area (Å²) in [5, 5.41) is 4.48. The van der Waals surface area contributed by atoms with Gasteiger partial charge < -0.3 is 4.74 Å². The van der Waals surface area contributed by atoms with Gasteiger partial charge in [-0.1, -0.05) is 42.5 Å². The molecular weight excluding hydrogens is 238 g/mol. The molecule has 0 spiro atoms. The molecule has 0 atom stereocenters. The van der Waals surface area contributed by atoms with Gasteiger partial charge in [-0.2, -0.15) is 0 Å². The molecule has 0 aliphatic carbocycles. The van der Waals surface area contributed by atoms with Crippen molar-refractivity contribution in [3.05, 3.63) is 60.9 Å². The predicted molar refractivity (Wildman–Crippen MR) is 73.3 cm³/mol. The van der Waals surface area contributed by atoms with Crippen LogP contribution in [0.1, 0.15) is 0 Å². The monoisotopic (exact) mass is 251 g/mol. The third kappa shape index (κ3) is 2.20. The topological polar surface area (TPSA) is 39.9 Å². The van der Waals surface area contributed by atoms with Crippen LogP contribution in [-0.2, 0) is 0 Å². The van der Waals surface area contributed by atoms with E-state index in [4.69, 9.17) is 4.74 Å². The van der Waals surface area contributed by atoms with Crippen LogP contribution in [0.15, 0.2) is 60.9 Å². The van der Waals surface area contributed by atoms with E-state index in [9.17, 15) is 0 Å². The maximum absolute atomic E-state index is 5.33. The lowest BCUT2D eigenvalue weighted by molar-refractivity contribution is 0.411. The maximum atomic E-state index is 5.33. The molecule has 1 aromatic heterocycles. The summed E-state index contributed by atoms with van der Waals surface area (Å²) in [5.41, 5.74) is 1.87. The Bertz CT molecular complexity index is 677. The Morgan fingerprint density at radius 3 is 2.47 bits per heavy atom. The fraction of sp³-hybridized carbons (Fsp3) is 0.0667. The first-order chi connectivity index (χ1) is 9.38. The van der Waals surface area contributed by atoms with E-state index < -0.39 is 0 Å². The lowest BCUT2D eigenvalue weighted by Gasteiger charge is -2.06. The quantitative estimate of drug-likeness (QED) is 0.718. The second-order valence-electron chi connectivity index (χ2n) is 4.05. The van der Waals surface area contributed by atoms with Crippen molar-refractivity contribution >= 4 is 0 Å². The molecule has 0 saturated heterocycles. The molecule has 4 nitrogen and oxygen atoms in total. The summed E-state index contributed by atoms with van der Waals surface area (Å²) in [5.74, 6) is 1.47. The zero-order valence-electron chi connectivity index (χ0n) is 10.5. The van der Waals surface area contributed by atoms with Crippen molar-refractivity contribution in [1.82, 2.24) is 14.8 Å². The summed E-state index contributed by atoms with van der Waals surface area (Å²) in [7, 11) is 1.65. The molecule has 4 heteroatoms. The third-order valence-corrected chi connectivity index (χ3v) is 2.86. The highest BCUT2D eigenvalue weighted by atomic mass is 16.5. The highest BCUT2D eigenvalue weighted by Crippen LogP contribution is 2.22. The van der Waals surface area contributed by atoms with Crippen LogP contribution in [0.5, 0.6) is 5.75 Å². The van der Waals surface area contributed by atoms with Crippen molar-refractivity contribution in [3.63, 3.8) is 0 Å². The zero-order valence-corrected chi connectivity index (χ0v) is 10.5. The standard InChI is InChI=1S/C15H13N3O/c1-19-14-10-6-5-9-13(14)18-11-16-15(17-18)12-7-3-2-4-8-12/h2-11H,1H3. The van der Waals surface area contributed by atoms with Crippen molar-refractivity contribution in [2.45, 2.75) is 0 Å². The van der Waals surface area contributed by atoms with Crippen molar-refractivity contribution in [1.29, 1.82) is 0 Å². The molecule has 0 bridgehead atoms. The van der Waals surface area contributed by atoms with Gasteiger partial charge in [0.15, 0.2) is 5.82 Å². The molecule has 0 amide bonds. The Kier molecular flexibility index (Phi) is 2.98. The molecule has 3 aromatic rings. The van der Waals surface area contributed by atoms with E-state index in [1.807, 2.05) is 54.6 Å². The van der Waals surface area contributed by atoms with Gasteiger partial charge in [0.1, 0.15) is 17.8 Å². The number of hydrogen-bond donors (Lipinski definition) is 0. The number of ether oxygens (including phenoxy) is 1. The van der Waals surface area contributed by atoms with Gasteiger partial charge in [-0.05, 0) is 12.1 Å². The highest BCUT2D eigenvalue weighted by molar-refractivity contribution is 5.54. The number of benzene rings is 2. The lowest BCUT2D eigenvalue weighted by atomic mass is 10.2. The number of methoxy groups -OCH3 is 1. The van der Waals surface area contributed by atoms with Crippen LogP contribution in [0.3, 0.4) is 0 Å². The Morgan fingerprint density at radius 1 is 0.947 bits per heavy atom. The van der Waals surface area contributed by atoms with Gasteiger partial charge in [-0.3, -0.25) is 0 Å². The van der Waals surface area contributed by atoms with Gasteiger partial charge in [0.2, 0.25) is 0 Å². The van der Waals surface area contributed by atoms with Crippen LogP contribution >= 0.6 is 0 Å². The minimum Gasteiger partial charge on any atom is -0.494 e. The molecular formula is C15H13N3O. The third-order valence-electron chi connectivity index (χ3n) is 2.86. The van der Waals surface area contributed by atoms with Crippen molar-refractivity contribution in [2.75, 3.05) is 7.11 Å². The Labute approximate surface area is 111 Å². The summed E-state index contributed by atoms with van der Waals surface area (Å²) in [6.07, 6.45) is 1.69.